The van der Waals surface area contributed by atoms with Crippen molar-refractivity contribution in [2.75, 3.05) is 0 Å². The van der Waals surface area contributed by atoms with Gasteiger partial charge in [-0.05, 0) is 54.2 Å². The Bertz CT molecular complexity index is 897. The number of carbonyl (C=O) groups is 2. The molecule has 0 radical (unpaired) electrons. The molecule has 0 spiro atoms. The Morgan fingerprint density at radius 3 is 2.56 bits per heavy atom. The topological polar surface area (TPSA) is 69.6 Å². The average molecular weight is 391 g/mol. The number of benzene rings is 2. The molecule has 0 saturated carbocycles. The van der Waals surface area contributed by atoms with Gasteiger partial charge in [0.25, 0.3) is 11.8 Å². The quantitative estimate of drug-likeness (QED) is 0.619. The monoisotopic (exact) mass is 390 g/mol. The van der Waals surface area contributed by atoms with E-state index >= 15 is 0 Å². The van der Waals surface area contributed by atoms with Crippen molar-refractivity contribution in [2.24, 2.45) is 0 Å². The molecule has 3 rings (SSSR count). The predicted molar refractivity (Wildman–Crippen MR) is 102 cm³/mol. The molecule has 1 aliphatic heterocycles. The van der Waals surface area contributed by atoms with Gasteiger partial charge in [-0.3, -0.25) is 15.0 Å². The summed E-state index contributed by atoms with van der Waals surface area (Å²) in [6.07, 6.45) is 1.63. The maximum Gasteiger partial charge on any atom is 0.285 e. The van der Waals surface area contributed by atoms with Crippen LogP contribution in [0.25, 0.3) is 6.08 Å². The van der Waals surface area contributed by atoms with Gasteiger partial charge in [-0.15, -0.1) is 0 Å². The summed E-state index contributed by atoms with van der Waals surface area (Å²) in [4.78, 5) is 25.1. The highest BCUT2D eigenvalue weighted by Gasteiger charge is 2.33. The lowest BCUT2D eigenvalue weighted by molar-refractivity contribution is -0.123. The average Bonchev–Trinajstić information content (AvgIpc) is 2.85. The molecule has 2 N–H and O–H groups in total. The molecule has 2 aromatic carbocycles. The number of amides is 2. The number of nitrogens with zero attached hydrogens (tertiary/aromatic N) is 1. The first kappa shape index (κ1) is 17.5. The number of nitrogens with one attached hydrogen (secondary N) is 1. The van der Waals surface area contributed by atoms with Crippen molar-refractivity contribution in [3.63, 3.8) is 0 Å². The maximum atomic E-state index is 12.5. The molecular formula is C17H11ClN2O3S2. The van der Waals surface area contributed by atoms with Gasteiger partial charge in [0.15, 0.2) is 4.32 Å². The number of rotatable bonds is 3. The van der Waals surface area contributed by atoms with E-state index in [2.05, 4.69) is 5.43 Å². The number of thioether (sulfide) groups is 1. The van der Waals surface area contributed by atoms with Gasteiger partial charge in [0.2, 0.25) is 0 Å². The van der Waals surface area contributed by atoms with Crippen molar-refractivity contribution in [2.45, 2.75) is 0 Å². The first-order chi connectivity index (χ1) is 12.0. The minimum absolute atomic E-state index is 0.0461. The number of hydrogen-bond acceptors (Lipinski definition) is 5. The van der Waals surface area contributed by atoms with Crippen molar-refractivity contribution in [1.82, 2.24) is 10.4 Å². The van der Waals surface area contributed by atoms with Gasteiger partial charge >= 0.3 is 0 Å². The molecular weight excluding hydrogens is 380 g/mol. The minimum atomic E-state index is -0.504. The van der Waals surface area contributed by atoms with Crippen LogP contribution in [0.4, 0.5) is 0 Å². The van der Waals surface area contributed by atoms with E-state index in [1.54, 1.807) is 24.3 Å². The molecule has 25 heavy (non-hydrogen) atoms. The van der Waals surface area contributed by atoms with E-state index in [0.29, 0.717) is 21.1 Å². The summed E-state index contributed by atoms with van der Waals surface area (Å²) < 4.78 is 0.218. The van der Waals surface area contributed by atoms with E-state index < -0.39 is 11.8 Å². The van der Waals surface area contributed by atoms with Gasteiger partial charge in [-0.1, -0.05) is 41.6 Å². The fraction of sp³-hybridized carbons (Fsp3) is 0. The van der Waals surface area contributed by atoms with Crippen LogP contribution in [0.2, 0.25) is 5.02 Å². The first-order valence-electron chi connectivity index (χ1n) is 7.08. The number of thiocarbonyl (C=S) groups is 1. The molecule has 126 valence electrons. The van der Waals surface area contributed by atoms with Crippen molar-refractivity contribution >= 4 is 57.8 Å². The standard InChI is InChI=1S/C17H11ClN2O3S2/c18-13-4-2-1-3-11(13)9-14-16(23)20(17(24)25-14)19-15(22)10-5-7-12(21)8-6-10/h1-9,21H,(H,19,22)/b14-9-. The van der Waals surface area contributed by atoms with Crippen LogP contribution < -0.4 is 5.43 Å². The normalized spacial score (nSPS) is 15.7. The summed E-state index contributed by atoms with van der Waals surface area (Å²) >= 11 is 12.4. The highest BCUT2D eigenvalue weighted by Crippen LogP contribution is 2.32. The SMILES string of the molecule is O=C(NN1C(=O)/C(=C/c2ccccc2Cl)SC1=S)c1ccc(O)cc1. The third-order valence-electron chi connectivity index (χ3n) is 3.33. The largest absolute Gasteiger partial charge is 0.508 e. The van der Waals surface area contributed by atoms with E-state index in [9.17, 15) is 14.7 Å². The number of hydrazine groups is 1. The molecule has 0 aliphatic carbocycles. The molecule has 1 saturated heterocycles. The van der Waals surface area contributed by atoms with E-state index in [4.69, 9.17) is 23.8 Å². The zero-order valence-corrected chi connectivity index (χ0v) is 15.0. The highest BCUT2D eigenvalue weighted by molar-refractivity contribution is 8.26. The summed E-state index contributed by atoms with van der Waals surface area (Å²) in [5.74, 6) is -0.887. The molecule has 0 aromatic heterocycles. The summed E-state index contributed by atoms with van der Waals surface area (Å²) in [5.41, 5.74) is 3.45. The van der Waals surface area contributed by atoms with Crippen LogP contribution in [0.15, 0.2) is 53.4 Å². The van der Waals surface area contributed by atoms with E-state index in [-0.39, 0.29) is 10.1 Å². The van der Waals surface area contributed by atoms with Gasteiger partial charge in [-0.2, -0.15) is 5.01 Å². The van der Waals surface area contributed by atoms with Gasteiger partial charge < -0.3 is 5.11 Å². The van der Waals surface area contributed by atoms with Crippen molar-refractivity contribution in [3.8, 4) is 5.75 Å². The van der Waals surface area contributed by atoms with E-state index in [1.807, 2.05) is 6.07 Å². The minimum Gasteiger partial charge on any atom is -0.508 e. The fourth-order valence-electron chi connectivity index (χ4n) is 2.08. The second-order valence-electron chi connectivity index (χ2n) is 5.03. The molecule has 2 aromatic rings. The molecule has 1 fully saturated rings. The van der Waals surface area contributed by atoms with Crippen LogP contribution in [0, 0.1) is 0 Å². The molecule has 0 unspecified atom stereocenters. The summed E-state index contributed by atoms with van der Waals surface area (Å²) in [5, 5.41) is 10.8. The van der Waals surface area contributed by atoms with Gasteiger partial charge in [-0.25, -0.2) is 0 Å². The number of phenolic OH excluding ortho intramolecular Hbond substituents is 1. The fourth-order valence-corrected chi connectivity index (χ4v) is 3.44. The Morgan fingerprint density at radius 1 is 1.20 bits per heavy atom. The lowest BCUT2D eigenvalue weighted by Crippen LogP contribution is -2.44. The van der Waals surface area contributed by atoms with Gasteiger partial charge in [0, 0.05) is 10.6 Å². The number of aromatic hydroxyl groups is 1. The first-order valence-corrected chi connectivity index (χ1v) is 8.68. The second kappa shape index (κ2) is 7.26. The number of halogens is 1. The zero-order valence-electron chi connectivity index (χ0n) is 12.6. The van der Waals surface area contributed by atoms with Gasteiger partial charge in [0.05, 0.1) is 4.91 Å². The number of phenols is 1. The Hall–Kier alpha value is -2.35. The molecule has 1 aliphatic rings. The van der Waals surface area contributed by atoms with Crippen LogP contribution in [-0.4, -0.2) is 26.3 Å². The summed E-state index contributed by atoms with van der Waals surface area (Å²) in [6.45, 7) is 0. The highest BCUT2D eigenvalue weighted by atomic mass is 35.5. The van der Waals surface area contributed by atoms with Crippen LogP contribution in [0.5, 0.6) is 5.75 Å². The Morgan fingerprint density at radius 2 is 1.88 bits per heavy atom. The smallest absolute Gasteiger partial charge is 0.285 e. The lowest BCUT2D eigenvalue weighted by atomic mass is 10.2. The van der Waals surface area contributed by atoms with Crippen LogP contribution in [0.1, 0.15) is 15.9 Å². The Balaban J connectivity index is 1.79. The number of hydrogen-bond donors (Lipinski definition) is 2. The third kappa shape index (κ3) is 3.84. The molecule has 5 nitrogen and oxygen atoms in total. The van der Waals surface area contributed by atoms with E-state index in [1.165, 1.54) is 24.3 Å². The summed E-state index contributed by atoms with van der Waals surface area (Å²) in [6, 6.07) is 12.8. The molecule has 8 heteroatoms. The Kier molecular flexibility index (Phi) is 5.08. The van der Waals surface area contributed by atoms with E-state index in [0.717, 1.165) is 16.8 Å². The van der Waals surface area contributed by atoms with Crippen LogP contribution in [-0.2, 0) is 4.79 Å². The molecule has 0 atom stereocenters. The van der Waals surface area contributed by atoms with Crippen molar-refractivity contribution < 1.29 is 14.7 Å². The van der Waals surface area contributed by atoms with Crippen LogP contribution >= 0.6 is 35.6 Å². The maximum absolute atomic E-state index is 12.5. The Labute approximate surface area is 158 Å². The zero-order chi connectivity index (χ0) is 18.0. The predicted octanol–water partition coefficient (Wildman–Crippen LogP) is 3.59. The lowest BCUT2D eigenvalue weighted by Gasteiger charge is -2.15. The summed E-state index contributed by atoms with van der Waals surface area (Å²) in [7, 11) is 0. The van der Waals surface area contributed by atoms with Gasteiger partial charge in [0.1, 0.15) is 5.75 Å². The van der Waals surface area contributed by atoms with Crippen LogP contribution in [0.3, 0.4) is 0 Å². The number of carbonyl (C=O) groups excluding carboxylic acids is 2. The van der Waals surface area contributed by atoms with Crippen molar-refractivity contribution in [1.29, 1.82) is 0 Å². The van der Waals surface area contributed by atoms with Crippen molar-refractivity contribution in [3.05, 3.63) is 69.6 Å². The third-order valence-corrected chi connectivity index (χ3v) is 4.97. The second-order valence-corrected chi connectivity index (χ2v) is 7.11. The molecule has 2 amide bonds. The molecule has 1 heterocycles. The molecule has 0 bridgehead atoms.